The minimum atomic E-state index is -0.538. The van der Waals surface area contributed by atoms with Crippen LogP contribution in [0.4, 0.5) is 0 Å². The van der Waals surface area contributed by atoms with E-state index in [9.17, 15) is 4.79 Å². The minimum Gasteiger partial charge on any atom is -0.489 e. The molecule has 118 valence electrons. The molecule has 1 amide bonds. The van der Waals surface area contributed by atoms with Crippen LogP contribution in [0.2, 0.25) is 0 Å². The third-order valence-electron chi connectivity index (χ3n) is 3.00. The molecule has 1 aromatic rings. The summed E-state index contributed by atoms with van der Waals surface area (Å²) >= 11 is 0. The van der Waals surface area contributed by atoms with Gasteiger partial charge >= 0.3 is 0 Å². The molecule has 0 radical (unpaired) electrons. The van der Waals surface area contributed by atoms with Gasteiger partial charge in [0.05, 0.1) is 6.04 Å². The van der Waals surface area contributed by atoms with Crippen LogP contribution in [0.25, 0.3) is 0 Å². The van der Waals surface area contributed by atoms with E-state index in [0.717, 1.165) is 11.3 Å². The lowest BCUT2D eigenvalue weighted by Crippen LogP contribution is -2.48. The summed E-state index contributed by atoms with van der Waals surface area (Å²) in [4.78, 5) is 12.0. The van der Waals surface area contributed by atoms with E-state index in [4.69, 9.17) is 10.5 Å². The number of amides is 1. The van der Waals surface area contributed by atoms with E-state index in [1.165, 1.54) is 0 Å². The number of halogens is 1. The van der Waals surface area contributed by atoms with Crippen LogP contribution in [-0.4, -0.2) is 18.6 Å². The number of benzene rings is 1. The van der Waals surface area contributed by atoms with Crippen LogP contribution in [0.5, 0.6) is 5.75 Å². The lowest BCUT2D eigenvalue weighted by Gasteiger charge is -2.26. The second-order valence-electron chi connectivity index (χ2n) is 5.77. The molecule has 1 aromatic carbocycles. The predicted octanol–water partition coefficient (Wildman–Crippen LogP) is 2.66. The Morgan fingerprint density at radius 3 is 2.62 bits per heavy atom. The normalized spacial score (nSPS) is 12.0. The molecule has 0 bridgehead atoms. The maximum atomic E-state index is 12.0. The molecule has 0 saturated heterocycles. The highest BCUT2D eigenvalue weighted by Gasteiger charge is 2.27. The summed E-state index contributed by atoms with van der Waals surface area (Å²) in [6.07, 6.45) is 1.69. The van der Waals surface area contributed by atoms with Gasteiger partial charge in [-0.25, -0.2) is 0 Å². The van der Waals surface area contributed by atoms with Crippen molar-refractivity contribution in [2.45, 2.75) is 33.4 Å². The number of carbonyl (C=O) groups is 1. The fraction of sp³-hybridized carbons (Fsp3) is 0.438. The Hall–Kier alpha value is -1.52. The molecule has 1 atom stereocenters. The quantitative estimate of drug-likeness (QED) is 0.794. The van der Waals surface area contributed by atoms with Crippen LogP contribution in [0, 0.1) is 5.41 Å². The monoisotopic (exact) mass is 312 g/mol. The first-order valence-electron chi connectivity index (χ1n) is 6.71. The fourth-order valence-corrected chi connectivity index (χ4v) is 1.62. The van der Waals surface area contributed by atoms with Gasteiger partial charge in [0.1, 0.15) is 12.4 Å². The van der Waals surface area contributed by atoms with E-state index >= 15 is 0 Å². The molecule has 5 heteroatoms. The topological polar surface area (TPSA) is 64.3 Å². The zero-order valence-electron chi connectivity index (χ0n) is 12.9. The molecule has 0 aliphatic carbocycles. The van der Waals surface area contributed by atoms with Gasteiger partial charge in [0.15, 0.2) is 0 Å². The van der Waals surface area contributed by atoms with E-state index in [1.807, 2.05) is 45.0 Å². The molecule has 4 nitrogen and oxygen atoms in total. The van der Waals surface area contributed by atoms with Crippen molar-refractivity contribution in [2.75, 3.05) is 6.61 Å². The van der Waals surface area contributed by atoms with Crippen molar-refractivity contribution in [3.8, 4) is 5.75 Å². The lowest BCUT2D eigenvalue weighted by molar-refractivity contribution is -0.124. The molecule has 1 rings (SSSR count). The third kappa shape index (κ3) is 6.19. The van der Waals surface area contributed by atoms with Crippen LogP contribution in [-0.2, 0) is 11.3 Å². The Balaban J connectivity index is 0.00000400. The molecular weight excluding hydrogens is 288 g/mol. The average molecular weight is 313 g/mol. The largest absolute Gasteiger partial charge is 0.489 e. The van der Waals surface area contributed by atoms with Gasteiger partial charge in [-0.2, -0.15) is 0 Å². The molecule has 0 heterocycles. The van der Waals surface area contributed by atoms with E-state index in [2.05, 4.69) is 11.9 Å². The van der Waals surface area contributed by atoms with E-state index in [0.29, 0.717) is 13.2 Å². The van der Waals surface area contributed by atoms with Crippen LogP contribution >= 0.6 is 12.4 Å². The Morgan fingerprint density at radius 2 is 2.05 bits per heavy atom. The predicted molar refractivity (Wildman–Crippen MR) is 88.7 cm³/mol. The third-order valence-corrected chi connectivity index (χ3v) is 3.00. The number of rotatable bonds is 6. The maximum absolute atomic E-state index is 12.0. The molecule has 3 N–H and O–H groups in total. The molecule has 0 unspecified atom stereocenters. The Morgan fingerprint density at radius 1 is 1.43 bits per heavy atom. The van der Waals surface area contributed by atoms with Gasteiger partial charge in [-0.1, -0.05) is 51.6 Å². The minimum absolute atomic E-state index is 0. The first-order valence-corrected chi connectivity index (χ1v) is 6.71. The summed E-state index contributed by atoms with van der Waals surface area (Å²) in [5, 5.41) is 2.85. The van der Waals surface area contributed by atoms with E-state index in [-0.39, 0.29) is 23.7 Å². The average Bonchev–Trinajstić information content (AvgIpc) is 2.41. The number of hydrogen-bond acceptors (Lipinski definition) is 3. The summed E-state index contributed by atoms with van der Waals surface area (Å²) in [6.45, 7) is 10.3. The summed E-state index contributed by atoms with van der Waals surface area (Å²) in [6, 6.07) is 7.05. The van der Waals surface area contributed by atoms with Crippen molar-refractivity contribution in [1.82, 2.24) is 5.32 Å². The molecular formula is C16H25ClN2O2. The zero-order valence-corrected chi connectivity index (χ0v) is 13.7. The summed E-state index contributed by atoms with van der Waals surface area (Å²) in [5.74, 6) is 0.591. The van der Waals surface area contributed by atoms with Crippen molar-refractivity contribution >= 4 is 18.3 Å². The van der Waals surface area contributed by atoms with Crippen LogP contribution in [0.15, 0.2) is 36.9 Å². The van der Waals surface area contributed by atoms with Gasteiger partial charge in [-0.05, 0) is 11.5 Å². The van der Waals surface area contributed by atoms with Crippen molar-refractivity contribution in [3.05, 3.63) is 42.5 Å². The number of ether oxygens (including phenoxy) is 1. The zero-order chi connectivity index (χ0) is 15.2. The highest BCUT2D eigenvalue weighted by atomic mass is 35.5. The van der Waals surface area contributed by atoms with E-state index in [1.54, 1.807) is 6.08 Å². The van der Waals surface area contributed by atoms with Crippen molar-refractivity contribution < 1.29 is 9.53 Å². The Bertz CT molecular complexity index is 470. The first-order chi connectivity index (χ1) is 9.36. The molecule has 0 fully saturated rings. The molecule has 0 saturated carbocycles. The second-order valence-corrected chi connectivity index (χ2v) is 5.77. The highest BCUT2D eigenvalue weighted by molar-refractivity contribution is 5.85. The van der Waals surface area contributed by atoms with Gasteiger partial charge in [-0.15, -0.1) is 12.4 Å². The van der Waals surface area contributed by atoms with Gasteiger partial charge in [-0.3, -0.25) is 4.79 Å². The Labute approximate surface area is 133 Å². The van der Waals surface area contributed by atoms with Crippen molar-refractivity contribution in [1.29, 1.82) is 0 Å². The molecule has 0 spiro atoms. The second kappa shape index (κ2) is 8.70. The number of carbonyl (C=O) groups excluding carboxylic acids is 1. The molecule has 0 aromatic heterocycles. The Kier molecular flexibility index (Phi) is 8.07. The number of para-hydroxylation sites is 1. The van der Waals surface area contributed by atoms with Gasteiger partial charge in [0.2, 0.25) is 5.91 Å². The lowest BCUT2D eigenvalue weighted by atomic mass is 9.87. The first kappa shape index (κ1) is 19.5. The van der Waals surface area contributed by atoms with Gasteiger partial charge in [0, 0.05) is 12.1 Å². The van der Waals surface area contributed by atoms with Crippen LogP contribution in [0.1, 0.15) is 26.3 Å². The molecule has 0 aliphatic heterocycles. The van der Waals surface area contributed by atoms with Crippen molar-refractivity contribution in [3.63, 3.8) is 0 Å². The fourth-order valence-electron chi connectivity index (χ4n) is 1.62. The van der Waals surface area contributed by atoms with Crippen LogP contribution < -0.4 is 15.8 Å². The molecule has 21 heavy (non-hydrogen) atoms. The summed E-state index contributed by atoms with van der Waals surface area (Å²) < 4.78 is 5.55. The standard InChI is InChI=1S/C16H24N2O2.ClH/c1-5-10-20-13-9-7-6-8-12(13)11-18-15(19)14(17)16(2,3)4;/h5-9,14H,1,10-11,17H2,2-4H3,(H,18,19);1H/t14-;/m1./s1. The number of nitrogens with one attached hydrogen (secondary N) is 1. The van der Waals surface area contributed by atoms with Gasteiger partial charge in [0.25, 0.3) is 0 Å². The summed E-state index contributed by atoms with van der Waals surface area (Å²) in [5.41, 5.74) is 6.58. The van der Waals surface area contributed by atoms with Crippen LogP contribution in [0.3, 0.4) is 0 Å². The smallest absolute Gasteiger partial charge is 0.237 e. The SMILES string of the molecule is C=CCOc1ccccc1CNC(=O)[C@@H](N)C(C)(C)C.Cl. The van der Waals surface area contributed by atoms with Crippen molar-refractivity contribution in [2.24, 2.45) is 11.1 Å². The van der Waals surface area contributed by atoms with E-state index < -0.39 is 6.04 Å². The highest BCUT2D eigenvalue weighted by Crippen LogP contribution is 2.19. The number of nitrogens with two attached hydrogens (primary N) is 1. The number of hydrogen-bond donors (Lipinski definition) is 2. The maximum Gasteiger partial charge on any atom is 0.237 e. The van der Waals surface area contributed by atoms with Gasteiger partial charge < -0.3 is 15.8 Å². The molecule has 0 aliphatic rings. The summed E-state index contributed by atoms with van der Waals surface area (Å²) in [7, 11) is 0.